The van der Waals surface area contributed by atoms with Crippen molar-refractivity contribution in [1.82, 2.24) is 4.90 Å². The van der Waals surface area contributed by atoms with Crippen LogP contribution in [0.25, 0.3) is 0 Å². The number of nitrogens with two attached hydrogens (primary N) is 1. The lowest BCUT2D eigenvalue weighted by atomic mass is 10.2. The first-order valence-electron chi connectivity index (χ1n) is 5.29. The van der Waals surface area contributed by atoms with Crippen LogP contribution in [0.5, 0.6) is 0 Å². The molecule has 1 saturated heterocycles. The van der Waals surface area contributed by atoms with E-state index in [2.05, 4.69) is 11.8 Å². The molecule has 0 bridgehead atoms. The van der Waals surface area contributed by atoms with Crippen LogP contribution in [-0.4, -0.2) is 29.0 Å². The number of likely N-dealkylation sites (tertiary alicyclic amines) is 1. The summed E-state index contributed by atoms with van der Waals surface area (Å²) < 4.78 is 0. The van der Waals surface area contributed by atoms with E-state index in [1.165, 1.54) is 38.8 Å². The molecule has 3 heteroatoms. The van der Waals surface area contributed by atoms with Crippen LogP contribution in [0.2, 0.25) is 0 Å². The topological polar surface area (TPSA) is 29.3 Å². The van der Waals surface area contributed by atoms with Gasteiger partial charge >= 0.3 is 0 Å². The average Bonchev–Trinajstić information content (AvgIpc) is 2.33. The normalized spacial score (nSPS) is 22.2. The Bertz CT molecular complexity index is 162. The van der Waals surface area contributed by atoms with Crippen molar-refractivity contribution in [1.29, 1.82) is 0 Å². The van der Waals surface area contributed by atoms with E-state index in [0.717, 1.165) is 6.42 Å². The fourth-order valence-corrected chi connectivity index (χ4v) is 2.36. The fourth-order valence-electron chi connectivity index (χ4n) is 2.05. The summed E-state index contributed by atoms with van der Waals surface area (Å²) in [6.45, 7) is 4.51. The maximum Gasteiger partial charge on any atom is 0.0901 e. The third-order valence-corrected chi connectivity index (χ3v) is 3.07. The first-order valence-corrected chi connectivity index (χ1v) is 5.70. The molecule has 1 atom stereocenters. The van der Waals surface area contributed by atoms with Crippen LogP contribution in [0.3, 0.4) is 0 Å². The van der Waals surface area contributed by atoms with Crippen LogP contribution in [0.4, 0.5) is 0 Å². The summed E-state index contributed by atoms with van der Waals surface area (Å²) in [5.74, 6) is 0. The molecule has 0 aromatic rings. The van der Waals surface area contributed by atoms with Gasteiger partial charge in [-0.05, 0) is 32.4 Å². The molecule has 0 amide bonds. The van der Waals surface area contributed by atoms with Gasteiger partial charge in [0.25, 0.3) is 0 Å². The van der Waals surface area contributed by atoms with E-state index in [4.69, 9.17) is 18.0 Å². The van der Waals surface area contributed by atoms with Gasteiger partial charge in [-0.3, -0.25) is 4.90 Å². The van der Waals surface area contributed by atoms with E-state index in [-0.39, 0.29) is 0 Å². The second kappa shape index (κ2) is 5.55. The van der Waals surface area contributed by atoms with E-state index in [1.54, 1.807) is 0 Å². The molecular weight excluding hydrogens is 180 g/mol. The smallest absolute Gasteiger partial charge is 0.0901 e. The van der Waals surface area contributed by atoms with Crippen molar-refractivity contribution >= 4 is 17.2 Å². The molecular formula is C10H20N2S. The largest absolute Gasteiger partial charge is 0.392 e. The van der Waals surface area contributed by atoms with Crippen LogP contribution in [-0.2, 0) is 0 Å². The molecule has 1 fully saturated rings. The monoisotopic (exact) mass is 200 g/mol. The summed E-state index contributed by atoms with van der Waals surface area (Å²) in [5.41, 5.74) is 5.72. The van der Waals surface area contributed by atoms with E-state index in [9.17, 15) is 0 Å². The Morgan fingerprint density at radius 2 is 1.85 bits per heavy atom. The molecule has 1 aliphatic rings. The highest BCUT2D eigenvalue weighted by Crippen LogP contribution is 2.14. The van der Waals surface area contributed by atoms with Crippen molar-refractivity contribution in [2.75, 3.05) is 13.1 Å². The lowest BCUT2D eigenvalue weighted by Crippen LogP contribution is -2.43. The molecule has 1 unspecified atom stereocenters. The summed E-state index contributed by atoms with van der Waals surface area (Å²) in [6, 6.07) is 0.341. The summed E-state index contributed by atoms with van der Waals surface area (Å²) in [4.78, 5) is 3.12. The van der Waals surface area contributed by atoms with Gasteiger partial charge in [0.15, 0.2) is 0 Å². The van der Waals surface area contributed by atoms with Gasteiger partial charge in [-0.25, -0.2) is 0 Å². The highest BCUT2D eigenvalue weighted by atomic mass is 32.1. The van der Waals surface area contributed by atoms with Gasteiger partial charge in [-0.15, -0.1) is 0 Å². The molecule has 1 aliphatic heterocycles. The van der Waals surface area contributed by atoms with E-state index in [1.807, 2.05) is 0 Å². The number of hydrogen-bond acceptors (Lipinski definition) is 2. The first-order chi connectivity index (χ1) is 6.25. The Kier molecular flexibility index (Phi) is 4.67. The molecule has 0 saturated carbocycles. The molecule has 13 heavy (non-hydrogen) atoms. The molecule has 0 spiro atoms. The Balaban J connectivity index is 2.50. The Morgan fingerprint density at radius 3 is 2.23 bits per heavy atom. The minimum atomic E-state index is 0.341. The van der Waals surface area contributed by atoms with Gasteiger partial charge in [0.2, 0.25) is 0 Å². The lowest BCUT2D eigenvalue weighted by molar-refractivity contribution is 0.247. The zero-order chi connectivity index (χ0) is 9.68. The molecule has 0 aliphatic carbocycles. The quantitative estimate of drug-likeness (QED) is 0.706. The second-order valence-electron chi connectivity index (χ2n) is 3.78. The fraction of sp³-hybridized carbons (Fsp3) is 0.900. The Labute approximate surface area is 86.5 Å². The first kappa shape index (κ1) is 10.9. The molecule has 2 N–H and O–H groups in total. The van der Waals surface area contributed by atoms with Crippen LogP contribution in [0.1, 0.15) is 39.0 Å². The summed E-state index contributed by atoms with van der Waals surface area (Å²) in [6.07, 6.45) is 6.39. The van der Waals surface area contributed by atoms with E-state index < -0.39 is 0 Å². The van der Waals surface area contributed by atoms with Crippen molar-refractivity contribution in [2.45, 2.75) is 45.1 Å². The van der Waals surface area contributed by atoms with Gasteiger partial charge in [-0.2, -0.15) is 0 Å². The van der Waals surface area contributed by atoms with Gasteiger partial charge in [0, 0.05) is 0 Å². The van der Waals surface area contributed by atoms with Crippen molar-refractivity contribution < 1.29 is 0 Å². The third-order valence-electron chi connectivity index (χ3n) is 2.80. The molecule has 0 aromatic heterocycles. The van der Waals surface area contributed by atoms with Crippen molar-refractivity contribution in [3.8, 4) is 0 Å². The SMILES string of the molecule is CCC(C(N)=S)N1CCCCCC1. The highest BCUT2D eigenvalue weighted by molar-refractivity contribution is 7.80. The Morgan fingerprint density at radius 1 is 1.31 bits per heavy atom. The van der Waals surface area contributed by atoms with Crippen molar-refractivity contribution in [2.24, 2.45) is 5.73 Å². The molecule has 1 heterocycles. The number of hydrogen-bond donors (Lipinski definition) is 1. The lowest BCUT2D eigenvalue weighted by Gasteiger charge is -2.28. The van der Waals surface area contributed by atoms with Crippen LogP contribution in [0.15, 0.2) is 0 Å². The molecule has 1 rings (SSSR count). The van der Waals surface area contributed by atoms with Gasteiger partial charge in [0.05, 0.1) is 11.0 Å². The van der Waals surface area contributed by atoms with Crippen LogP contribution >= 0.6 is 12.2 Å². The van der Waals surface area contributed by atoms with Gasteiger partial charge in [0.1, 0.15) is 0 Å². The minimum Gasteiger partial charge on any atom is -0.392 e. The van der Waals surface area contributed by atoms with Gasteiger partial charge in [-0.1, -0.05) is 32.0 Å². The Hall–Kier alpha value is -0.150. The minimum absolute atomic E-state index is 0.341. The standard InChI is InChI=1S/C10H20N2S/c1-2-9(10(11)13)12-7-5-3-4-6-8-12/h9H,2-8H2,1H3,(H2,11,13). The maximum absolute atomic E-state index is 5.72. The zero-order valence-electron chi connectivity index (χ0n) is 8.46. The van der Waals surface area contributed by atoms with E-state index in [0.29, 0.717) is 11.0 Å². The summed E-state index contributed by atoms with van der Waals surface area (Å²) >= 11 is 5.08. The third kappa shape index (κ3) is 3.24. The zero-order valence-corrected chi connectivity index (χ0v) is 9.28. The predicted octanol–water partition coefficient (Wildman–Crippen LogP) is 1.93. The number of thiocarbonyl (C=S) groups is 1. The molecule has 0 aromatic carbocycles. The van der Waals surface area contributed by atoms with Crippen molar-refractivity contribution in [3.05, 3.63) is 0 Å². The van der Waals surface area contributed by atoms with Crippen molar-refractivity contribution in [3.63, 3.8) is 0 Å². The van der Waals surface area contributed by atoms with Crippen LogP contribution in [0, 0.1) is 0 Å². The second-order valence-corrected chi connectivity index (χ2v) is 4.25. The number of nitrogens with zero attached hydrogens (tertiary/aromatic N) is 1. The predicted molar refractivity (Wildman–Crippen MR) is 60.9 cm³/mol. The maximum atomic E-state index is 5.72. The van der Waals surface area contributed by atoms with E-state index >= 15 is 0 Å². The molecule has 2 nitrogen and oxygen atoms in total. The molecule has 0 radical (unpaired) electrons. The molecule has 76 valence electrons. The van der Waals surface area contributed by atoms with Crippen LogP contribution < -0.4 is 5.73 Å². The average molecular weight is 200 g/mol. The number of rotatable bonds is 3. The summed E-state index contributed by atoms with van der Waals surface area (Å²) in [7, 11) is 0. The highest BCUT2D eigenvalue weighted by Gasteiger charge is 2.19. The van der Waals surface area contributed by atoms with Gasteiger partial charge < -0.3 is 5.73 Å². The summed E-state index contributed by atoms with van der Waals surface area (Å²) in [5, 5.41) is 0.